The smallest absolute Gasteiger partial charge is 0.416 e. The number of halogens is 3. The van der Waals surface area contributed by atoms with Gasteiger partial charge in [-0.15, -0.1) is 0 Å². The summed E-state index contributed by atoms with van der Waals surface area (Å²) < 4.78 is 42.4. The van der Waals surface area contributed by atoms with Gasteiger partial charge in [-0.3, -0.25) is 0 Å². The lowest BCUT2D eigenvalue weighted by molar-refractivity contribution is -0.137. The van der Waals surface area contributed by atoms with Crippen LogP contribution >= 0.6 is 0 Å². The molecule has 0 saturated heterocycles. The molecule has 0 bridgehead atoms. The zero-order valence-corrected chi connectivity index (χ0v) is 11.0. The first-order valence-corrected chi connectivity index (χ1v) is 5.96. The molecule has 0 fully saturated rings. The molecule has 0 atom stereocenters. The van der Waals surface area contributed by atoms with E-state index in [0.717, 1.165) is 12.1 Å². The van der Waals surface area contributed by atoms with Gasteiger partial charge in [0.1, 0.15) is 11.8 Å². The number of rotatable bonds is 3. The van der Waals surface area contributed by atoms with Crippen LogP contribution in [0, 0.1) is 11.3 Å². The van der Waals surface area contributed by atoms with E-state index in [1.165, 1.54) is 19.2 Å². The van der Waals surface area contributed by atoms with Crippen LogP contribution in [0.3, 0.4) is 0 Å². The molecule has 3 nitrogen and oxygen atoms in total. The molecule has 108 valence electrons. The predicted octanol–water partition coefficient (Wildman–Crippen LogP) is 4.33. The normalized spacial score (nSPS) is 10.8. The quantitative estimate of drug-likeness (QED) is 0.915. The van der Waals surface area contributed by atoms with E-state index >= 15 is 0 Å². The van der Waals surface area contributed by atoms with E-state index < -0.39 is 11.7 Å². The third-order valence-electron chi connectivity index (χ3n) is 2.84. The summed E-state index contributed by atoms with van der Waals surface area (Å²) in [4.78, 5) is 0. The van der Waals surface area contributed by atoms with Crippen LogP contribution in [0.1, 0.15) is 11.1 Å². The molecular weight excluding hydrogens is 281 g/mol. The highest BCUT2D eigenvalue weighted by Crippen LogP contribution is 2.31. The highest BCUT2D eigenvalue weighted by atomic mass is 19.4. The number of anilines is 2. The minimum atomic E-state index is -4.36. The first-order chi connectivity index (χ1) is 9.94. The van der Waals surface area contributed by atoms with Crippen molar-refractivity contribution in [3.63, 3.8) is 0 Å². The fourth-order valence-electron chi connectivity index (χ4n) is 1.75. The highest BCUT2D eigenvalue weighted by molar-refractivity contribution is 5.67. The average Bonchev–Trinajstić information content (AvgIpc) is 2.47. The van der Waals surface area contributed by atoms with Gasteiger partial charge in [0.2, 0.25) is 0 Å². The molecule has 0 aliphatic rings. The van der Waals surface area contributed by atoms with Crippen LogP contribution in [0.15, 0.2) is 42.5 Å². The Morgan fingerprint density at radius 3 is 2.29 bits per heavy atom. The summed E-state index contributed by atoms with van der Waals surface area (Å²) in [6, 6.07) is 11.4. The van der Waals surface area contributed by atoms with Gasteiger partial charge in [0.15, 0.2) is 0 Å². The number of hydrogen-bond acceptors (Lipinski definition) is 3. The molecule has 2 aromatic rings. The SMILES string of the molecule is COc1ccc(Nc2ccc(C(F)(F)F)cc2)c(C#N)c1. The summed E-state index contributed by atoms with van der Waals surface area (Å²) >= 11 is 0. The summed E-state index contributed by atoms with van der Waals surface area (Å²) in [6.45, 7) is 0. The molecule has 0 amide bonds. The zero-order chi connectivity index (χ0) is 15.5. The predicted molar refractivity (Wildman–Crippen MR) is 72.4 cm³/mol. The van der Waals surface area contributed by atoms with Crippen molar-refractivity contribution in [3.05, 3.63) is 53.6 Å². The minimum absolute atomic E-state index is 0.342. The van der Waals surface area contributed by atoms with Crippen LogP contribution < -0.4 is 10.1 Å². The van der Waals surface area contributed by atoms with Gasteiger partial charge < -0.3 is 10.1 Å². The fourth-order valence-corrected chi connectivity index (χ4v) is 1.75. The Morgan fingerprint density at radius 1 is 1.10 bits per heavy atom. The Bertz CT molecular complexity index is 673. The van der Waals surface area contributed by atoms with E-state index in [1.54, 1.807) is 18.2 Å². The monoisotopic (exact) mass is 292 g/mol. The summed E-state index contributed by atoms with van der Waals surface area (Å²) in [7, 11) is 1.49. The van der Waals surface area contributed by atoms with Crippen molar-refractivity contribution in [1.29, 1.82) is 5.26 Å². The topological polar surface area (TPSA) is 45.0 Å². The number of nitriles is 1. The third kappa shape index (κ3) is 3.45. The largest absolute Gasteiger partial charge is 0.497 e. The first-order valence-electron chi connectivity index (χ1n) is 5.96. The van der Waals surface area contributed by atoms with Crippen LogP contribution in [-0.2, 0) is 6.18 Å². The van der Waals surface area contributed by atoms with Crippen molar-refractivity contribution in [2.24, 2.45) is 0 Å². The number of nitrogens with one attached hydrogen (secondary N) is 1. The van der Waals surface area contributed by atoms with Gasteiger partial charge in [-0.1, -0.05) is 0 Å². The molecule has 0 saturated carbocycles. The fraction of sp³-hybridized carbons (Fsp3) is 0.133. The average molecular weight is 292 g/mol. The maximum absolute atomic E-state index is 12.5. The molecule has 0 aromatic heterocycles. The van der Waals surface area contributed by atoms with Crippen LogP contribution in [0.25, 0.3) is 0 Å². The molecule has 0 aliphatic heterocycles. The van der Waals surface area contributed by atoms with E-state index in [2.05, 4.69) is 5.32 Å². The van der Waals surface area contributed by atoms with Crippen molar-refractivity contribution >= 4 is 11.4 Å². The van der Waals surface area contributed by atoms with Gasteiger partial charge in [-0.2, -0.15) is 18.4 Å². The lowest BCUT2D eigenvalue weighted by atomic mass is 10.1. The van der Waals surface area contributed by atoms with Crippen LogP contribution in [0.5, 0.6) is 5.75 Å². The Balaban J connectivity index is 2.25. The van der Waals surface area contributed by atoms with Gasteiger partial charge in [0, 0.05) is 5.69 Å². The highest BCUT2D eigenvalue weighted by Gasteiger charge is 2.29. The van der Waals surface area contributed by atoms with E-state index in [0.29, 0.717) is 22.7 Å². The summed E-state index contributed by atoms with van der Waals surface area (Å²) in [5.74, 6) is 0.532. The molecule has 2 rings (SSSR count). The molecule has 0 aliphatic carbocycles. The summed E-state index contributed by atoms with van der Waals surface area (Å²) in [5, 5.41) is 12.0. The van der Waals surface area contributed by atoms with E-state index in [9.17, 15) is 13.2 Å². The Labute approximate surface area is 119 Å². The van der Waals surface area contributed by atoms with E-state index in [4.69, 9.17) is 10.00 Å². The third-order valence-corrected chi connectivity index (χ3v) is 2.84. The van der Waals surface area contributed by atoms with Gasteiger partial charge in [-0.05, 0) is 42.5 Å². The second kappa shape index (κ2) is 5.75. The van der Waals surface area contributed by atoms with Crippen molar-refractivity contribution < 1.29 is 17.9 Å². The number of hydrogen-bond donors (Lipinski definition) is 1. The lowest BCUT2D eigenvalue weighted by Gasteiger charge is -2.11. The number of benzene rings is 2. The molecule has 1 N–H and O–H groups in total. The van der Waals surface area contributed by atoms with Crippen molar-refractivity contribution in [2.75, 3.05) is 12.4 Å². The molecule has 0 heterocycles. The minimum Gasteiger partial charge on any atom is -0.497 e. The Kier molecular flexibility index (Phi) is 4.03. The van der Waals surface area contributed by atoms with E-state index in [-0.39, 0.29) is 0 Å². The lowest BCUT2D eigenvalue weighted by Crippen LogP contribution is -2.04. The second-order valence-corrected chi connectivity index (χ2v) is 4.22. The van der Waals surface area contributed by atoms with Crippen LogP contribution in [-0.4, -0.2) is 7.11 Å². The summed E-state index contributed by atoms with van der Waals surface area (Å²) in [5.41, 5.74) is 0.584. The maximum atomic E-state index is 12.5. The number of ether oxygens (including phenoxy) is 1. The van der Waals surface area contributed by atoms with Gasteiger partial charge in [-0.25, -0.2) is 0 Å². The molecule has 2 aromatic carbocycles. The van der Waals surface area contributed by atoms with Gasteiger partial charge in [0.25, 0.3) is 0 Å². The van der Waals surface area contributed by atoms with Crippen molar-refractivity contribution in [1.82, 2.24) is 0 Å². The molecule has 0 unspecified atom stereocenters. The van der Waals surface area contributed by atoms with E-state index in [1.807, 2.05) is 6.07 Å². The van der Waals surface area contributed by atoms with Crippen LogP contribution in [0.2, 0.25) is 0 Å². The Hall–Kier alpha value is -2.68. The number of alkyl halides is 3. The number of methoxy groups -OCH3 is 1. The van der Waals surface area contributed by atoms with Crippen LogP contribution in [0.4, 0.5) is 24.5 Å². The van der Waals surface area contributed by atoms with Crippen molar-refractivity contribution in [2.45, 2.75) is 6.18 Å². The summed E-state index contributed by atoms with van der Waals surface area (Å²) in [6.07, 6.45) is -4.36. The maximum Gasteiger partial charge on any atom is 0.416 e. The first kappa shape index (κ1) is 14.7. The molecule has 21 heavy (non-hydrogen) atoms. The van der Waals surface area contributed by atoms with Crippen molar-refractivity contribution in [3.8, 4) is 11.8 Å². The number of nitrogens with zero attached hydrogens (tertiary/aromatic N) is 1. The molecular formula is C15H11F3N2O. The molecule has 0 radical (unpaired) electrons. The Morgan fingerprint density at radius 2 is 1.76 bits per heavy atom. The standard InChI is InChI=1S/C15H11F3N2O/c1-21-13-6-7-14(10(8-13)9-19)20-12-4-2-11(3-5-12)15(16,17)18/h2-8,20H,1H3. The van der Waals surface area contributed by atoms with Gasteiger partial charge in [0.05, 0.1) is 23.9 Å². The molecule has 6 heteroatoms. The second-order valence-electron chi connectivity index (χ2n) is 4.22. The zero-order valence-electron chi connectivity index (χ0n) is 11.0. The molecule has 0 spiro atoms. The van der Waals surface area contributed by atoms with Gasteiger partial charge >= 0.3 is 6.18 Å².